The number of aromatic nitrogens is 3. The summed E-state index contributed by atoms with van der Waals surface area (Å²) in [7, 11) is 0. The molecule has 0 spiro atoms. The van der Waals surface area contributed by atoms with Gasteiger partial charge in [0.05, 0.1) is 6.10 Å². The number of pyridine rings is 1. The van der Waals surface area contributed by atoms with Gasteiger partial charge in [0.2, 0.25) is 0 Å². The van der Waals surface area contributed by atoms with Gasteiger partial charge in [-0.2, -0.15) is 4.98 Å². The van der Waals surface area contributed by atoms with E-state index in [1.807, 2.05) is 19.1 Å². The Hall–Kier alpha value is -2.73. The number of hydrogen-bond acceptors (Lipinski definition) is 6. The summed E-state index contributed by atoms with van der Waals surface area (Å²) in [6.45, 7) is 5.53. The molecule has 1 aliphatic rings. The summed E-state index contributed by atoms with van der Waals surface area (Å²) in [5, 5.41) is 7.31. The summed E-state index contributed by atoms with van der Waals surface area (Å²) in [4.78, 5) is 8.70. The third kappa shape index (κ3) is 4.17. The van der Waals surface area contributed by atoms with E-state index in [0.717, 1.165) is 37.4 Å². The molecule has 2 unspecified atom stereocenters. The molecule has 27 heavy (non-hydrogen) atoms. The van der Waals surface area contributed by atoms with Crippen molar-refractivity contribution in [1.29, 1.82) is 0 Å². The molecule has 1 N–H and O–H groups in total. The average molecular weight is 364 g/mol. The van der Waals surface area contributed by atoms with Gasteiger partial charge in [0, 0.05) is 30.8 Å². The van der Waals surface area contributed by atoms with Crippen molar-refractivity contribution in [3.05, 3.63) is 59.5 Å². The van der Waals surface area contributed by atoms with Gasteiger partial charge < -0.3 is 14.6 Å². The van der Waals surface area contributed by atoms with Crippen LogP contribution in [0.25, 0.3) is 11.5 Å². The summed E-state index contributed by atoms with van der Waals surface area (Å²) in [6.07, 6.45) is 4.09. The van der Waals surface area contributed by atoms with Gasteiger partial charge in [-0.25, -0.2) is 4.98 Å². The van der Waals surface area contributed by atoms with Crippen molar-refractivity contribution in [2.24, 2.45) is 5.92 Å². The zero-order valence-electron chi connectivity index (χ0n) is 15.7. The fourth-order valence-corrected chi connectivity index (χ4v) is 3.49. The second-order valence-electron chi connectivity index (χ2n) is 7.06. The molecule has 0 aliphatic carbocycles. The maximum Gasteiger partial charge on any atom is 0.258 e. The molecule has 1 fully saturated rings. The molecule has 0 radical (unpaired) electrons. The van der Waals surface area contributed by atoms with Gasteiger partial charge in [0.1, 0.15) is 5.82 Å². The lowest BCUT2D eigenvalue weighted by Gasteiger charge is -2.32. The Labute approximate surface area is 159 Å². The molecule has 0 saturated carbocycles. The molecule has 6 heteroatoms. The number of rotatable bonds is 5. The fraction of sp³-hybridized carbons (Fsp3) is 0.381. The van der Waals surface area contributed by atoms with Crippen molar-refractivity contribution in [2.45, 2.75) is 32.8 Å². The van der Waals surface area contributed by atoms with Crippen LogP contribution in [0.2, 0.25) is 0 Å². The Balaban J connectivity index is 1.46. The highest BCUT2D eigenvalue weighted by molar-refractivity contribution is 5.57. The minimum absolute atomic E-state index is 0.119. The maximum atomic E-state index is 6.11. The third-order valence-electron chi connectivity index (χ3n) is 4.93. The van der Waals surface area contributed by atoms with E-state index in [9.17, 15) is 0 Å². The summed E-state index contributed by atoms with van der Waals surface area (Å²) < 4.78 is 11.4. The fourth-order valence-electron chi connectivity index (χ4n) is 3.49. The first-order valence-electron chi connectivity index (χ1n) is 9.38. The van der Waals surface area contributed by atoms with Gasteiger partial charge in [-0.15, -0.1) is 0 Å². The van der Waals surface area contributed by atoms with Gasteiger partial charge in [0.25, 0.3) is 5.89 Å². The van der Waals surface area contributed by atoms with Crippen LogP contribution in [0.4, 0.5) is 5.82 Å². The molecule has 2 aromatic heterocycles. The first-order chi connectivity index (χ1) is 13.2. The zero-order valence-corrected chi connectivity index (χ0v) is 15.7. The Bertz CT molecular complexity index is 891. The first-order valence-corrected chi connectivity index (χ1v) is 9.38. The summed E-state index contributed by atoms with van der Waals surface area (Å²) in [5.74, 6) is 2.34. The van der Waals surface area contributed by atoms with Crippen molar-refractivity contribution >= 4 is 5.82 Å². The first kappa shape index (κ1) is 17.7. The normalized spacial score (nSPS) is 19.8. The van der Waals surface area contributed by atoms with Crippen molar-refractivity contribution in [2.75, 3.05) is 18.5 Å². The van der Waals surface area contributed by atoms with E-state index >= 15 is 0 Å². The van der Waals surface area contributed by atoms with E-state index in [4.69, 9.17) is 9.26 Å². The van der Waals surface area contributed by atoms with E-state index in [1.165, 1.54) is 11.1 Å². The number of ether oxygens (including phenoxy) is 1. The second-order valence-corrected chi connectivity index (χ2v) is 7.06. The van der Waals surface area contributed by atoms with Crippen LogP contribution in [-0.4, -0.2) is 28.3 Å². The van der Waals surface area contributed by atoms with Gasteiger partial charge in [-0.1, -0.05) is 35.0 Å². The molecular weight excluding hydrogens is 340 g/mol. The smallest absolute Gasteiger partial charge is 0.258 e. The quantitative estimate of drug-likeness (QED) is 0.726. The number of nitrogens with zero attached hydrogens (tertiary/aromatic N) is 3. The highest BCUT2D eigenvalue weighted by atomic mass is 16.5. The summed E-state index contributed by atoms with van der Waals surface area (Å²) >= 11 is 0. The number of benzene rings is 1. The molecule has 2 atom stereocenters. The molecule has 1 aliphatic heterocycles. The van der Waals surface area contributed by atoms with Gasteiger partial charge >= 0.3 is 0 Å². The number of anilines is 1. The van der Waals surface area contributed by atoms with E-state index in [2.05, 4.69) is 51.6 Å². The summed E-state index contributed by atoms with van der Waals surface area (Å²) in [5.41, 5.74) is 3.37. The van der Waals surface area contributed by atoms with Gasteiger partial charge in [0.15, 0.2) is 5.82 Å². The molecule has 4 rings (SSSR count). The van der Waals surface area contributed by atoms with E-state index < -0.39 is 0 Å². The van der Waals surface area contributed by atoms with Gasteiger partial charge in [-0.3, -0.25) is 0 Å². The Morgan fingerprint density at radius 3 is 2.78 bits per heavy atom. The Morgan fingerprint density at radius 1 is 1.15 bits per heavy atom. The Morgan fingerprint density at radius 2 is 2.00 bits per heavy atom. The predicted molar refractivity (Wildman–Crippen MR) is 103 cm³/mol. The van der Waals surface area contributed by atoms with Crippen molar-refractivity contribution in [3.8, 4) is 11.5 Å². The standard InChI is InChI=1S/C21H24N4O2/c1-14-5-7-16(8-6-14)20-18(4-3-11-26-20)13-23-19-12-17(9-10-22-19)21-24-15(2)25-27-21/h5-10,12,18,20H,3-4,11,13H2,1-2H3,(H,22,23). The van der Waals surface area contributed by atoms with Crippen LogP contribution < -0.4 is 5.32 Å². The summed E-state index contributed by atoms with van der Waals surface area (Å²) in [6, 6.07) is 12.5. The highest BCUT2D eigenvalue weighted by Gasteiger charge is 2.27. The molecular formula is C21H24N4O2. The molecule has 140 valence electrons. The average Bonchev–Trinajstić information content (AvgIpc) is 3.14. The molecule has 0 bridgehead atoms. The lowest BCUT2D eigenvalue weighted by Crippen LogP contribution is -2.28. The molecule has 0 amide bonds. The SMILES string of the molecule is Cc1ccc(C2OCCCC2CNc2cc(-c3nc(C)no3)ccn2)cc1. The van der Waals surface area contributed by atoms with Crippen LogP contribution >= 0.6 is 0 Å². The van der Waals surface area contributed by atoms with Crippen LogP contribution in [-0.2, 0) is 4.74 Å². The molecule has 3 heterocycles. The lowest BCUT2D eigenvalue weighted by atomic mass is 9.89. The van der Waals surface area contributed by atoms with E-state index in [1.54, 1.807) is 6.20 Å². The predicted octanol–water partition coefficient (Wildman–Crippen LogP) is 4.33. The van der Waals surface area contributed by atoms with Crippen LogP contribution in [0.15, 0.2) is 47.1 Å². The van der Waals surface area contributed by atoms with E-state index in [-0.39, 0.29) is 6.10 Å². The zero-order chi connectivity index (χ0) is 18.6. The third-order valence-corrected chi connectivity index (χ3v) is 4.93. The van der Waals surface area contributed by atoms with Crippen LogP contribution in [0.1, 0.15) is 35.9 Å². The molecule has 1 aromatic carbocycles. The minimum atomic E-state index is 0.119. The maximum absolute atomic E-state index is 6.11. The van der Waals surface area contributed by atoms with Gasteiger partial charge in [-0.05, 0) is 44.4 Å². The molecule has 1 saturated heterocycles. The highest BCUT2D eigenvalue weighted by Crippen LogP contribution is 2.34. The van der Waals surface area contributed by atoms with Crippen molar-refractivity contribution in [3.63, 3.8) is 0 Å². The van der Waals surface area contributed by atoms with Crippen molar-refractivity contribution in [1.82, 2.24) is 15.1 Å². The lowest BCUT2D eigenvalue weighted by molar-refractivity contribution is -0.0238. The van der Waals surface area contributed by atoms with E-state index in [0.29, 0.717) is 17.6 Å². The molecule has 3 aromatic rings. The van der Waals surface area contributed by atoms with Crippen LogP contribution in [0.5, 0.6) is 0 Å². The number of nitrogens with one attached hydrogen (secondary N) is 1. The second kappa shape index (κ2) is 7.88. The topological polar surface area (TPSA) is 73.1 Å². The van der Waals surface area contributed by atoms with Crippen molar-refractivity contribution < 1.29 is 9.26 Å². The molecule has 6 nitrogen and oxygen atoms in total. The van der Waals surface area contributed by atoms with Crippen LogP contribution in [0.3, 0.4) is 0 Å². The number of aryl methyl sites for hydroxylation is 2. The monoisotopic (exact) mass is 364 g/mol. The Kier molecular flexibility index (Phi) is 5.16. The largest absolute Gasteiger partial charge is 0.373 e. The minimum Gasteiger partial charge on any atom is -0.373 e. The number of hydrogen-bond donors (Lipinski definition) is 1. The van der Waals surface area contributed by atoms with Crippen LogP contribution in [0, 0.1) is 19.8 Å².